The molecule has 1 aromatic heterocycles. The van der Waals surface area contributed by atoms with Crippen LogP contribution in [-0.4, -0.2) is 29.6 Å². The second-order valence-electron chi connectivity index (χ2n) is 2.87. The van der Waals surface area contributed by atoms with Crippen LogP contribution < -0.4 is 10.6 Å². The van der Waals surface area contributed by atoms with E-state index in [0.717, 1.165) is 12.2 Å². The number of hydrogen-bond acceptors (Lipinski definition) is 4. The summed E-state index contributed by atoms with van der Waals surface area (Å²) in [5, 5.41) is 11.5. The Morgan fingerprint density at radius 1 is 1.71 bits per heavy atom. The third kappa shape index (κ3) is 1.93. The van der Waals surface area contributed by atoms with Crippen molar-refractivity contribution in [2.24, 2.45) is 10.9 Å². The second kappa shape index (κ2) is 4.45. The van der Waals surface area contributed by atoms with Crippen LogP contribution in [0.4, 0.5) is 5.69 Å². The highest BCUT2D eigenvalue weighted by molar-refractivity contribution is 6.00. The van der Waals surface area contributed by atoms with E-state index in [0.29, 0.717) is 5.69 Å². The second-order valence-corrected chi connectivity index (χ2v) is 2.87. The van der Waals surface area contributed by atoms with Crippen molar-refractivity contribution >= 4 is 11.5 Å². The van der Waals surface area contributed by atoms with Gasteiger partial charge < -0.3 is 15.8 Å². The highest BCUT2D eigenvalue weighted by atomic mass is 16.4. The average molecular weight is 194 g/mol. The molecule has 14 heavy (non-hydrogen) atoms. The highest BCUT2D eigenvalue weighted by Gasteiger charge is 2.10. The van der Waals surface area contributed by atoms with Gasteiger partial charge in [-0.3, -0.25) is 4.98 Å². The molecule has 0 bridgehead atoms. The molecule has 0 saturated heterocycles. The SMILES string of the molecule is CCN(C)c1cccnc1/C(N)=N/O. The summed E-state index contributed by atoms with van der Waals surface area (Å²) in [4.78, 5) is 6.03. The largest absolute Gasteiger partial charge is 0.409 e. The molecule has 0 fully saturated rings. The number of rotatable bonds is 3. The van der Waals surface area contributed by atoms with E-state index in [2.05, 4.69) is 10.1 Å². The summed E-state index contributed by atoms with van der Waals surface area (Å²) in [6.45, 7) is 2.85. The van der Waals surface area contributed by atoms with Gasteiger partial charge in [-0.05, 0) is 19.1 Å². The molecule has 1 aromatic rings. The fourth-order valence-corrected chi connectivity index (χ4v) is 1.12. The van der Waals surface area contributed by atoms with E-state index in [1.54, 1.807) is 6.20 Å². The number of anilines is 1. The topological polar surface area (TPSA) is 74.7 Å². The van der Waals surface area contributed by atoms with Gasteiger partial charge in [-0.15, -0.1) is 0 Å². The van der Waals surface area contributed by atoms with Gasteiger partial charge in [0.25, 0.3) is 0 Å². The summed E-state index contributed by atoms with van der Waals surface area (Å²) >= 11 is 0. The molecule has 0 aromatic carbocycles. The first-order valence-electron chi connectivity index (χ1n) is 4.34. The van der Waals surface area contributed by atoms with Gasteiger partial charge in [0, 0.05) is 19.8 Å². The van der Waals surface area contributed by atoms with Crippen LogP contribution in [0.2, 0.25) is 0 Å². The summed E-state index contributed by atoms with van der Waals surface area (Å²) in [5.74, 6) is 0.0286. The molecular weight excluding hydrogens is 180 g/mol. The molecule has 0 atom stereocenters. The smallest absolute Gasteiger partial charge is 0.190 e. The van der Waals surface area contributed by atoms with E-state index in [9.17, 15) is 0 Å². The lowest BCUT2D eigenvalue weighted by molar-refractivity contribution is 0.318. The third-order valence-electron chi connectivity index (χ3n) is 2.02. The lowest BCUT2D eigenvalue weighted by atomic mass is 10.2. The van der Waals surface area contributed by atoms with E-state index in [1.807, 2.05) is 31.0 Å². The number of aromatic nitrogens is 1. The van der Waals surface area contributed by atoms with Crippen molar-refractivity contribution in [2.75, 3.05) is 18.5 Å². The molecule has 0 aliphatic rings. The number of nitrogens with two attached hydrogens (primary N) is 1. The van der Waals surface area contributed by atoms with Crippen LogP contribution >= 0.6 is 0 Å². The molecule has 0 unspecified atom stereocenters. The Balaban J connectivity index is 3.16. The Morgan fingerprint density at radius 3 is 3.00 bits per heavy atom. The molecule has 0 aliphatic heterocycles. The third-order valence-corrected chi connectivity index (χ3v) is 2.02. The molecule has 5 nitrogen and oxygen atoms in total. The molecule has 0 amide bonds. The van der Waals surface area contributed by atoms with Gasteiger partial charge in [-0.25, -0.2) is 0 Å². The normalized spacial score (nSPS) is 11.4. The fourth-order valence-electron chi connectivity index (χ4n) is 1.12. The van der Waals surface area contributed by atoms with Gasteiger partial charge in [0.1, 0.15) is 5.69 Å². The van der Waals surface area contributed by atoms with Gasteiger partial charge >= 0.3 is 0 Å². The maximum atomic E-state index is 8.57. The molecule has 0 spiro atoms. The lowest BCUT2D eigenvalue weighted by Crippen LogP contribution is -2.23. The highest BCUT2D eigenvalue weighted by Crippen LogP contribution is 2.15. The Kier molecular flexibility index (Phi) is 3.28. The molecule has 0 radical (unpaired) electrons. The fraction of sp³-hybridized carbons (Fsp3) is 0.333. The standard InChI is InChI=1S/C9H14N4O/c1-3-13(2)7-5-4-6-11-8(7)9(10)12-14/h4-6,14H,3H2,1-2H3,(H2,10,12). The van der Waals surface area contributed by atoms with E-state index in [-0.39, 0.29) is 5.84 Å². The molecule has 76 valence electrons. The minimum absolute atomic E-state index is 0.0286. The van der Waals surface area contributed by atoms with E-state index < -0.39 is 0 Å². The van der Waals surface area contributed by atoms with Crippen LogP contribution in [0, 0.1) is 0 Å². The van der Waals surface area contributed by atoms with Gasteiger partial charge in [0.05, 0.1) is 5.69 Å². The first-order valence-corrected chi connectivity index (χ1v) is 4.34. The Hall–Kier alpha value is -1.78. The lowest BCUT2D eigenvalue weighted by Gasteiger charge is -2.18. The Labute approximate surface area is 82.9 Å². The summed E-state index contributed by atoms with van der Waals surface area (Å²) in [7, 11) is 1.92. The number of amidine groups is 1. The zero-order valence-electron chi connectivity index (χ0n) is 8.31. The van der Waals surface area contributed by atoms with Crippen LogP contribution in [0.25, 0.3) is 0 Å². The zero-order chi connectivity index (χ0) is 10.6. The van der Waals surface area contributed by atoms with Gasteiger partial charge in [-0.2, -0.15) is 0 Å². The van der Waals surface area contributed by atoms with Crippen LogP contribution in [0.15, 0.2) is 23.5 Å². The summed E-state index contributed by atoms with van der Waals surface area (Å²) < 4.78 is 0. The Bertz CT molecular complexity index is 337. The van der Waals surface area contributed by atoms with Crippen molar-refractivity contribution < 1.29 is 5.21 Å². The number of oxime groups is 1. The first kappa shape index (κ1) is 10.3. The molecule has 0 aliphatic carbocycles. The van der Waals surface area contributed by atoms with Gasteiger partial charge in [-0.1, -0.05) is 5.16 Å². The monoisotopic (exact) mass is 194 g/mol. The van der Waals surface area contributed by atoms with E-state index in [1.165, 1.54) is 0 Å². The molecule has 1 heterocycles. The molecule has 5 heteroatoms. The van der Waals surface area contributed by atoms with Crippen molar-refractivity contribution in [3.63, 3.8) is 0 Å². The quantitative estimate of drug-likeness (QED) is 0.320. The maximum Gasteiger partial charge on any atom is 0.190 e. The van der Waals surface area contributed by atoms with Crippen molar-refractivity contribution in [2.45, 2.75) is 6.92 Å². The van der Waals surface area contributed by atoms with Crippen LogP contribution in [0.5, 0.6) is 0 Å². The maximum absolute atomic E-state index is 8.57. The number of nitrogens with zero attached hydrogens (tertiary/aromatic N) is 3. The number of pyridine rings is 1. The minimum atomic E-state index is 0.0286. The van der Waals surface area contributed by atoms with Crippen molar-refractivity contribution in [1.29, 1.82) is 0 Å². The predicted octanol–water partition coefficient (Wildman–Crippen LogP) is 0.632. The van der Waals surface area contributed by atoms with Gasteiger partial charge in [0.2, 0.25) is 0 Å². The van der Waals surface area contributed by atoms with Crippen LogP contribution in [0.3, 0.4) is 0 Å². The van der Waals surface area contributed by atoms with Crippen molar-refractivity contribution in [3.8, 4) is 0 Å². The average Bonchev–Trinajstić information content (AvgIpc) is 2.27. The van der Waals surface area contributed by atoms with Crippen molar-refractivity contribution in [1.82, 2.24) is 4.98 Å². The molecule has 3 N–H and O–H groups in total. The molecule has 1 rings (SSSR count). The minimum Gasteiger partial charge on any atom is -0.409 e. The summed E-state index contributed by atoms with van der Waals surface area (Å²) in [6.07, 6.45) is 1.61. The van der Waals surface area contributed by atoms with Crippen molar-refractivity contribution in [3.05, 3.63) is 24.0 Å². The zero-order valence-corrected chi connectivity index (χ0v) is 8.31. The number of hydrogen-bond donors (Lipinski definition) is 2. The summed E-state index contributed by atoms with van der Waals surface area (Å²) in [6, 6.07) is 3.69. The summed E-state index contributed by atoms with van der Waals surface area (Å²) in [5.41, 5.74) is 6.85. The molecular formula is C9H14N4O. The first-order chi connectivity index (χ1) is 6.70. The predicted molar refractivity (Wildman–Crippen MR) is 55.7 cm³/mol. The van der Waals surface area contributed by atoms with E-state index in [4.69, 9.17) is 10.9 Å². The molecule has 0 saturated carbocycles. The van der Waals surface area contributed by atoms with E-state index >= 15 is 0 Å². The van der Waals surface area contributed by atoms with Crippen LogP contribution in [0.1, 0.15) is 12.6 Å². The van der Waals surface area contributed by atoms with Crippen LogP contribution in [-0.2, 0) is 0 Å². The Morgan fingerprint density at radius 2 is 2.43 bits per heavy atom. The van der Waals surface area contributed by atoms with Gasteiger partial charge in [0.15, 0.2) is 5.84 Å².